The van der Waals surface area contributed by atoms with Crippen molar-refractivity contribution in [3.63, 3.8) is 0 Å². The van der Waals surface area contributed by atoms with Gasteiger partial charge in [-0.3, -0.25) is 9.89 Å². The Balaban J connectivity index is 0.00000363. The SMILES string of the molecule is CN=C(NCc1ccc(F)cc1C(F)(F)F)NCC1(N2CCCCC2)CCN(C)CC1.I. The molecule has 2 N–H and O–H groups in total. The van der Waals surface area contributed by atoms with Gasteiger partial charge in [-0.1, -0.05) is 12.5 Å². The van der Waals surface area contributed by atoms with E-state index in [0.29, 0.717) is 18.6 Å². The minimum atomic E-state index is -4.61. The summed E-state index contributed by atoms with van der Waals surface area (Å²) in [6.07, 6.45) is 1.16. The van der Waals surface area contributed by atoms with Crippen LogP contribution in [0.3, 0.4) is 0 Å². The highest BCUT2D eigenvalue weighted by Crippen LogP contribution is 2.33. The normalized spacial score (nSPS) is 20.5. The molecule has 0 saturated carbocycles. The molecule has 0 spiro atoms. The second kappa shape index (κ2) is 11.8. The molecule has 0 bridgehead atoms. The van der Waals surface area contributed by atoms with E-state index < -0.39 is 17.6 Å². The monoisotopic (exact) mass is 571 g/mol. The van der Waals surface area contributed by atoms with Crippen LogP contribution in [0.25, 0.3) is 0 Å². The van der Waals surface area contributed by atoms with E-state index in [2.05, 4.69) is 32.5 Å². The largest absolute Gasteiger partial charge is 0.416 e. The zero-order valence-electron chi connectivity index (χ0n) is 18.8. The maximum atomic E-state index is 13.4. The average molecular weight is 571 g/mol. The highest BCUT2D eigenvalue weighted by Gasteiger charge is 2.39. The molecule has 3 rings (SSSR count). The fourth-order valence-corrected chi connectivity index (χ4v) is 4.62. The number of piperidine rings is 2. The van der Waals surface area contributed by atoms with Gasteiger partial charge in [0.15, 0.2) is 5.96 Å². The van der Waals surface area contributed by atoms with E-state index in [1.165, 1.54) is 25.3 Å². The first-order valence-electron chi connectivity index (χ1n) is 11.0. The minimum absolute atomic E-state index is 0. The third-order valence-corrected chi connectivity index (χ3v) is 6.58. The van der Waals surface area contributed by atoms with Crippen LogP contribution in [-0.2, 0) is 12.7 Å². The van der Waals surface area contributed by atoms with Crippen LogP contribution in [0, 0.1) is 5.82 Å². The molecule has 0 aliphatic carbocycles. The van der Waals surface area contributed by atoms with E-state index in [9.17, 15) is 17.6 Å². The Morgan fingerprint density at radius 3 is 2.31 bits per heavy atom. The summed E-state index contributed by atoms with van der Waals surface area (Å²) in [5, 5.41) is 6.33. The maximum Gasteiger partial charge on any atom is 0.416 e. The van der Waals surface area contributed by atoms with Crippen LogP contribution in [0.4, 0.5) is 17.6 Å². The number of aliphatic imine (C=N–C) groups is 1. The Bertz CT molecular complexity index is 757. The third kappa shape index (κ3) is 6.93. The molecule has 10 heteroatoms. The van der Waals surface area contributed by atoms with Crippen LogP contribution >= 0.6 is 24.0 Å². The molecule has 0 radical (unpaired) electrons. The number of likely N-dealkylation sites (tertiary alicyclic amines) is 2. The molecular weight excluding hydrogens is 537 g/mol. The molecule has 2 aliphatic heterocycles. The van der Waals surface area contributed by atoms with Crippen molar-refractivity contribution in [3.8, 4) is 0 Å². The molecule has 32 heavy (non-hydrogen) atoms. The fourth-order valence-electron chi connectivity index (χ4n) is 4.62. The summed E-state index contributed by atoms with van der Waals surface area (Å²) in [4.78, 5) is 9.12. The summed E-state index contributed by atoms with van der Waals surface area (Å²) in [5.74, 6) is -0.447. The summed E-state index contributed by atoms with van der Waals surface area (Å²) < 4.78 is 53.1. The van der Waals surface area contributed by atoms with Crippen molar-refractivity contribution in [1.29, 1.82) is 0 Å². The van der Waals surface area contributed by atoms with Crippen molar-refractivity contribution in [3.05, 3.63) is 35.1 Å². The van der Waals surface area contributed by atoms with Crippen molar-refractivity contribution in [2.45, 2.75) is 50.4 Å². The first-order valence-corrected chi connectivity index (χ1v) is 11.0. The van der Waals surface area contributed by atoms with Crippen LogP contribution in [0.2, 0.25) is 0 Å². The topological polar surface area (TPSA) is 42.9 Å². The maximum absolute atomic E-state index is 13.4. The van der Waals surface area contributed by atoms with E-state index in [4.69, 9.17) is 0 Å². The van der Waals surface area contributed by atoms with E-state index >= 15 is 0 Å². The molecule has 2 aliphatic rings. The predicted octanol–water partition coefficient (Wildman–Crippen LogP) is 4.08. The molecule has 0 amide bonds. The molecule has 5 nitrogen and oxygen atoms in total. The molecule has 1 aromatic carbocycles. The van der Waals surface area contributed by atoms with E-state index in [0.717, 1.165) is 45.1 Å². The number of alkyl halides is 3. The van der Waals surface area contributed by atoms with Gasteiger partial charge in [-0.15, -0.1) is 24.0 Å². The van der Waals surface area contributed by atoms with Gasteiger partial charge in [0, 0.05) is 25.7 Å². The van der Waals surface area contributed by atoms with Crippen LogP contribution in [0.1, 0.15) is 43.2 Å². The van der Waals surface area contributed by atoms with Crippen LogP contribution in [0.15, 0.2) is 23.2 Å². The molecule has 0 unspecified atom stereocenters. The van der Waals surface area contributed by atoms with Crippen molar-refractivity contribution < 1.29 is 17.6 Å². The third-order valence-electron chi connectivity index (χ3n) is 6.58. The Morgan fingerprint density at radius 1 is 1.06 bits per heavy atom. The summed E-state index contributed by atoms with van der Waals surface area (Å²) in [6, 6.07) is 2.76. The van der Waals surface area contributed by atoms with Crippen molar-refractivity contribution in [2.75, 3.05) is 46.8 Å². The number of nitrogens with one attached hydrogen (secondary N) is 2. The van der Waals surface area contributed by atoms with Gasteiger partial charge in [-0.25, -0.2) is 4.39 Å². The molecule has 0 aromatic heterocycles. The molecule has 2 saturated heterocycles. The number of benzene rings is 1. The lowest BCUT2D eigenvalue weighted by Crippen LogP contribution is -2.62. The van der Waals surface area contributed by atoms with Gasteiger partial charge in [0.05, 0.1) is 5.56 Å². The van der Waals surface area contributed by atoms with Gasteiger partial charge in [-0.05, 0) is 76.6 Å². The number of nitrogens with zero attached hydrogens (tertiary/aromatic N) is 3. The van der Waals surface area contributed by atoms with Gasteiger partial charge in [0.2, 0.25) is 0 Å². The molecule has 2 heterocycles. The van der Waals surface area contributed by atoms with Crippen LogP contribution < -0.4 is 10.6 Å². The molecule has 182 valence electrons. The standard InChI is InChI=1S/C22H33F4N5.HI/c1-27-20(28-15-17-6-7-18(23)14-19(17)22(24,25)26)29-16-21(8-12-30(2)13-9-21)31-10-4-3-5-11-31;/h6-7,14H,3-5,8-13,15-16H2,1-2H3,(H2,27,28,29);1H. The molecule has 0 atom stereocenters. The molecule has 2 fully saturated rings. The van der Waals surface area contributed by atoms with E-state index in [1.54, 1.807) is 7.05 Å². The summed E-state index contributed by atoms with van der Waals surface area (Å²) in [5.41, 5.74) is -0.949. The average Bonchev–Trinajstić information content (AvgIpc) is 2.76. The van der Waals surface area contributed by atoms with E-state index in [-0.39, 0.29) is 41.6 Å². The highest BCUT2D eigenvalue weighted by atomic mass is 127. The van der Waals surface area contributed by atoms with Crippen molar-refractivity contribution >= 4 is 29.9 Å². The lowest BCUT2D eigenvalue weighted by atomic mass is 9.84. The van der Waals surface area contributed by atoms with Gasteiger partial charge < -0.3 is 15.5 Å². The zero-order chi connectivity index (χ0) is 22.5. The number of halogens is 5. The first-order chi connectivity index (χ1) is 14.7. The van der Waals surface area contributed by atoms with Crippen molar-refractivity contribution in [2.24, 2.45) is 4.99 Å². The van der Waals surface area contributed by atoms with Gasteiger partial charge in [-0.2, -0.15) is 13.2 Å². The Morgan fingerprint density at radius 2 is 1.72 bits per heavy atom. The second-order valence-corrected chi connectivity index (χ2v) is 8.65. The molecule has 1 aromatic rings. The number of hydrogen-bond acceptors (Lipinski definition) is 3. The smallest absolute Gasteiger partial charge is 0.355 e. The van der Waals surface area contributed by atoms with Gasteiger partial charge >= 0.3 is 6.18 Å². The van der Waals surface area contributed by atoms with Gasteiger partial charge in [0.1, 0.15) is 5.82 Å². The first kappa shape index (κ1) is 27.1. The quantitative estimate of drug-likeness (QED) is 0.242. The van der Waals surface area contributed by atoms with Crippen molar-refractivity contribution in [1.82, 2.24) is 20.4 Å². The summed E-state index contributed by atoms with van der Waals surface area (Å²) in [7, 11) is 3.74. The zero-order valence-corrected chi connectivity index (χ0v) is 21.1. The van der Waals surface area contributed by atoms with Crippen LogP contribution in [-0.4, -0.2) is 68.1 Å². The summed E-state index contributed by atoms with van der Waals surface area (Å²) >= 11 is 0. The number of rotatable bonds is 5. The lowest BCUT2D eigenvalue weighted by molar-refractivity contribution is -0.138. The predicted molar refractivity (Wildman–Crippen MR) is 130 cm³/mol. The molecular formula is C22H34F4IN5. The Hall–Kier alpha value is -1.14. The summed E-state index contributed by atoms with van der Waals surface area (Å²) in [6.45, 7) is 4.82. The van der Waals surface area contributed by atoms with E-state index in [1.807, 2.05) is 0 Å². The number of guanidine groups is 1. The van der Waals surface area contributed by atoms with Gasteiger partial charge in [0.25, 0.3) is 0 Å². The fraction of sp³-hybridized carbons (Fsp3) is 0.682. The number of hydrogen-bond donors (Lipinski definition) is 2. The Labute approximate surface area is 205 Å². The minimum Gasteiger partial charge on any atom is -0.355 e. The highest BCUT2D eigenvalue weighted by molar-refractivity contribution is 14.0. The second-order valence-electron chi connectivity index (χ2n) is 8.65. The lowest BCUT2D eigenvalue weighted by Gasteiger charge is -2.50. The van der Waals surface area contributed by atoms with Crippen LogP contribution in [0.5, 0.6) is 0 Å². The Kier molecular flexibility index (Phi) is 10.0.